The van der Waals surface area contributed by atoms with Crippen LogP contribution in [0, 0.1) is 46.8 Å². The van der Waals surface area contributed by atoms with Crippen LogP contribution in [0.5, 0.6) is 0 Å². The average Bonchev–Trinajstić information content (AvgIpc) is 3.13. The fourth-order valence-corrected chi connectivity index (χ4v) is 10.1. The van der Waals surface area contributed by atoms with Gasteiger partial charge in [0.25, 0.3) is 0 Å². The second-order valence-corrected chi connectivity index (χ2v) is 12.9. The van der Waals surface area contributed by atoms with E-state index in [2.05, 4.69) is 13.1 Å². The van der Waals surface area contributed by atoms with Gasteiger partial charge in [-0.2, -0.15) is 5.10 Å². The van der Waals surface area contributed by atoms with E-state index in [1.807, 2.05) is 4.68 Å². The van der Waals surface area contributed by atoms with E-state index in [9.17, 15) is 9.90 Å². The lowest BCUT2D eigenvalue weighted by atomic mass is 9.49. The van der Waals surface area contributed by atoms with Crippen LogP contribution in [0.2, 0.25) is 0 Å². The molecule has 1 N–H and O–H groups in total. The Balaban J connectivity index is 1.08. The number of hydrogen-bond acceptors (Lipinski definition) is 3. The topological polar surface area (TPSA) is 55.1 Å². The predicted octanol–water partition coefficient (Wildman–Crippen LogP) is 4.96. The summed E-state index contributed by atoms with van der Waals surface area (Å²) in [6.07, 6.45) is 17.9. The van der Waals surface area contributed by atoms with E-state index < -0.39 is 0 Å². The van der Waals surface area contributed by atoms with Crippen molar-refractivity contribution < 1.29 is 9.90 Å². The van der Waals surface area contributed by atoms with Crippen molar-refractivity contribution in [1.82, 2.24) is 9.78 Å². The number of carbonyl (C=O) groups is 1. The second kappa shape index (κ2) is 6.93. The Labute approximate surface area is 192 Å². The Kier molecular flexibility index (Phi) is 4.38. The number of aryl methyl sites for hydroxylation is 2. The maximum Gasteiger partial charge on any atom is 0.157 e. The SMILES string of the molecule is C[C@]12CC[C@@H]3[C@H]4CC[C@]5(O)CC5[C@H]4CC[C@H]3[C@@H]1CC[C@@H]2C(=O)Cn1cc2c(n1)CCCC2. The Morgan fingerprint density at radius 2 is 1.75 bits per heavy atom. The monoisotopic (exact) mass is 436 g/mol. The van der Waals surface area contributed by atoms with E-state index in [1.54, 1.807) is 0 Å². The first kappa shape index (κ1) is 20.2. The zero-order chi connectivity index (χ0) is 21.7. The molecule has 32 heavy (non-hydrogen) atoms. The van der Waals surface area contributed by atoms with Crippen molar-refractivity contribution in [3.05, 3.63) is 17.5 Å². The van der Waals surface area contributed by atoms with Crippen LogP contribution in [0.25, 0.3) is 0 Å². The molecule has 5 saturated carbocycles. The molecule has 1 unspecified atom stereocenters. The number of Topliss-reactive ketones (excluding diaryl/α,β-unsaturated/α-hetero) is 1. The summed E-state index contributed by atoms with van der Waals surface area (Å²) in [6, 6.07) is 0. The van der Waals surface area contributed by atoms with Crippen LogP contribution in [0.15, 0.2) is 6.20 Å². The summed E-state index contributed by atoms with van der Waals surface area (Å²) in [6.45, 7) is 2.96. The normalized spacial score (nSPS) is 48.8. The zero-order valence-electron chi connectivity index (χ0n) is 19.8. The molecular weight excluding hydrogens is 396 g/mol. The Bertz CT molecular complexity index is 914. The number of carbonyl (C=O) groups excluding carboxylic acids is 1. The highest BCUT2D eigenvalue weighted by Gasteiger charge is 2.65. The lowest BCUT2D eigenvalue weighted by molar-refractivity contribution is -0.131. The predicted molar refractivity (Wildman–Crippen MR) is 123 cm³/mol. The third kappa shape index (κ3) is 2.83. The number of nitrogens with zero attached hydrogens (tertiary/aromatic N) is 2. The van der Waals surface area contributed by atoms with E-state index in [0.29, 0.717) is 18.2 Å². The van der Waals surface area contributed by atoms with Gasteiger partial charge in [0.1, 0.15) is 0 Å². The largest absolute Gasteiger partial charge is 0.390 e. The molecular formula is C28H40N2O2. The van der Waals surface area contributed by atoms with Gasteiger partial charge in [-0.3, -0.25) is 9.48 Å². The van der Waals surface area contributed by atoms with Gasteiger partial charge in [0.2, 0.25) is 0 Å². The van der Waals surface area contributed by atoms with Crippen molar-refractivity contribution in [2.45, 2.75) is 103 Å². The van der Waals surface area contributed by atoms with Crippen LogP contribution in [0.3, 0.4) is 0 Å². The smallest absolute Gasteiger partial charge is 0.157 e. The lowest BCUT2D eigenvalue weighted by Gasteiger charge is -2.56. The number of aliphatic hydroxyl groups is 1. The molecule has 6 aliphatic carbocycles. The molecule has 4 nitrogen and oxygen atoms in total. The van der Waals surface area contributed by atoms with Gasteiger partial charge in [-0.15, -0.1) is 0 Å². The summed E-state index contributed by atoms with van der Waals surface area (Å²) in [5, 5.41) is 15.5. The highest BCUT2D eigenvalue weighted by Crippen LogP contribution is 2.68. The number of fused-ring (bicyclic) bond motifs is 8. The van der Waals surface area contributed by atoms with E-state index in [1.165, 1.54) is 62.6 Å². The van der Waals surface area contributed by atoms with Crippen LogP contribution in [-0.2, 0) is 24.2 Å². The summed E-state index contributed by atoms with van der Waals surface area (Å²) >= 11 is 0. The molecule has 1 heterocycles. The van der Waals surface area contributed by atoms with Crippen molar-refractivity contribution >= 4 is 5.78 Å². The molecule has 0 spiro atoms. The molecule has 0 aromatic carbocycles. The van der Waals surface area contributed by atoms with E-state index in [0.717, 1.165) is 61.7 Å². The minimum absolute atomic E-state index is 0.201. The van der Waals surface area contributed by atoms with Gasteiger partial charge in [-0.1, -0.05) is 6.92 Å². The standard InChI is InChI=1S/C28H40N2O2/c1-27-12-10-18-19-11-13-28(32)14-24(28)21(19)7-6-20(18)22(27)8-9-23(27)26(31)16-30-15-17-4-2-3-5-25(17)29-30/h15,18-24,32H,2-14,16H2,1H3/t18-,19-,20-,21+,22+,23-,24?,27+,28+/m1/s1. The molecule has 7 rings (SSSR count). The first-order valence-electron chi connectivity index (χ1n) is 13.8. The van der Waals surface area contributed by atoms with Gasteiger partial charge in [0, 0.05) is 12.1 Å². The zero-order valence-corrected chi connectivity index (χ0v) is 19.8. The van der Waals surface area contributed by atoms with Gasteiger partial charge in [-0.25, -0.2) is 0 Å². The third-order valence-corrected chi connectivity index (χ3v) is 11.7. The van der Waals surface area contributed by atoms with Crippen LogP contribution >= 0.6 is 0 Å². The molecule has 174 valence electrons. The van der Waals surface area contributed by atoms with Crippen LogP contribution in [-0.4, -0.2) is 26.3 Å². The molecule has 0 amide bonds. The summed E-state index contributed by atoms with van der Waals surface area (Å²) in [4.78, 5) is 13.6. The quantitative estimate of drug-likeness (QED) is 0.728. The van der Waals surface area contributed by atoms with Gasteiger partial charge in [0.15, 0.2) is 5.78 Å². The number of aromatic nitrogens is 2. The summed E-state index contributed by atoms with van der Waals surface area (Å²) < 4.78 is 1.98. The number of hydrogen-bond donors (Lipinski definition) is 1. The van der Waals surface area contributed by atoms with E-state index in [-0.39, 0.29) is 16.9 Å². The number of ketones is 1. The van der Waals surface area contributed by atoms with E-state index in [4.69, 9.17) is 5.10 Å². The molecule has 4 heteroatoms. The van der Waals surface area contributed by atoms with E-state index >= 15 is 0 Å². The fourth-order valence-electron chi connectivity index (χ4n) is 10.1. The van der Waals surface area contributed by atoms with Crippen LogP contribution in [0.4, 0.5) is 0 Å². The molecule has 9 atom stereocenters. The highest BCUT2D eigenvalue weighted by molar-refractivity contribution is 5.82. The third-order valence-electron chi connectivity index (χ3n) is 11.7. The van der Waals surface area contributed by atoms with Crippen molar-refractivity contribution in [3.63, 3.8) is 0 Å². The molecule has 0 radical (unpaired) electrons. The van der Waals surface area contributed by atoms with Crippen molar-refractivity contribution in [1.29, 1.82) is 0 Å². The Morgan fingerprint density at radius 1 is 1.00 bits per heavy atom. The Hall–Kier alpha value is -1.16. The number of rotatable bonds is 3. The van der Waals surface area contributed by atoms with Gasteiger partial charge in [0.05, 0.1) is 17.8 Å². The maximum absolute atomic E-state index is 13.6. The van der Waals surface area contributed by atoms with Crippen LogP contribution < -0.4 is 0 Å². The minimum Gasteiger partial charge on any atom is -0.390 e. The molecule has 0 saturated heterocycles. The summed E-state index contributed by atoms with van der Waals surface area (Å²) in [7, 11) is 0. The molecule has 0 aliphatic heterocycles. The Morgan fingerprint density at radius 3 is 2.56 bits per heavy atom. The van der Waals surface area contributed by atoms with Crippen molar-refractivity contribution in [2.75, 3.05) is 0 Å². The minimum atomic E-state index is -0.270. The van der Waals surface area contributed by atoms with Gasteiger partial charge >= 0.3 is 0 Å². The molecule has 1 aromatic heterocycles. The maximum atomic E-state index is 13.6. The molecule has 5 fully saturated rings. The lowest BCUT2D eigenvalue weighted by Crippen LogP contribution is -2.50. The summed E-state index contributed by atoms with van der Waals surface area (Å²) in [5.74, 6) is 5.38. The average molecular weight is 437 g/mol. The molecule has 0 bridgehead atoms. The molecule has 1 aromatic rings. The van der Waals surface area contributed by atoms with Gasteiger partial charge in [-0.05, 0) is 130 Å². The highest BCUT2D eigenvalue weighted by atomic mass is 16.3. The molecule has 6 aliphatic rings. The van der Waals surface area contributed by atoms with Crippen molar-refractivity contribution in [2.24, 2.45) is 46.8 Å². The van der Waals surface area contributed by atoms with Crippen molar-refractivity contribution in [3.8, 4) is 0 Å². The summed E-state index contributed by atoms with van der Waals surface area (Å²) in [5.41, 5.74) is 2.56. The van der Waals surface area contributed by atoms with Crippen LogP contribution in [0.1, 0.15) is 88.8 Å². The fraction of sp³-hybridized carbons (Fsp3) is 0.857. The first-order valence-corrected chi connectivity index (χ1v) is 13.8. The van der Waals surface area contributed by atoms with Gasteiger partial charge < -0.3 is 5.11 Å². The first-order chi connectivity index (χ1) is 15.5. The second-order valence-electron chi connectivity index (χ2n) is 12.9.